The van der Waals surface area contributed by atoms with Crippen LogP contribution in [-0.2, 0) is 11.8 Å². The van der Waals surface area contributed by atoms with Gasteiger partial charge in [0.2, 0.25) is 0 Å². The molecule has 1 saturated heterocycles. The monoisotopic (exact) mass is 310 g/mol. The normalized spacial score (nSPS) is 16.4. The van der Waals surface area contributed by atoms with Gasteiger partial charge in [0.05, 0.1) is 13.2 Å². The molecule has 1 aliphatic rings. The summed E-state index contributed by atoms with van der Waals surface area (Å²) in [6.45, 7) is 1.44. The van der Waals surface area contributed by atoms with E-state index in [0.717, 1.165) is 48.1 Å². The van der Waals surface area contributed by atoms with E-state index in [2.05, 4.69) is 15.0 Å². The molecule has 0 amide bonds. The van der Waals surface area contributed by atoms with Gasteiger partial charge in [-0.1, -0.05) is 0 Å². The van der Waals surface area contributed by atoms with Crippen molar-refractivity contribution < 1.29 is 4.74 Å². The second kappa shape index (κ2) is 5.55. The van der Waals surface area contributed by atoms with Gasteiger partial charge < -0.3 is 14.7 Å². The van der Waals surface area contributed by atoms with Gasteiger partial charge in [-0.2, -0.15) is 0 Å². The molecule has 118 valence electrons. The van der Waals surface area contributed by atoms with Gasteiger partial charge in [-0.3, -0.25) is 9.36 Å². The van der Waals surface area contributed by atoms with Crippen molar-refractivity contribution in [2.45, 2.75) is 12.8 Å². The van der Waals surface area contributed by atoms with Gasteiger partial charge in [-0.25, -0.2) is 4.98 Å². The Morgan fingerprint density at radius 1 is 1.35 bits per heavy atom. The SMILES string of the molecule is Cn1c(=C2CCOCC2)[nH]c(=Cc2c[nH]c3ncccc23)c1=O. The number of ether oxygens (including phenoxy) is 1. The molecule has 0 spiro atoms. The summed E-state index contributed by atoms with van der Waals surface area (Å²) in [7, 11) is 1.81. The molecule has 1 aliphatic heterocycles. The molecule has 2 N–H and O–H groups in total. The van der Waals surface area contributed by atoms with Gasteiger partial charge in [-0.05, 0) is 36.6 Å². The molecule has 0 atom stereocenters. The number of fused-ring (bicyclic) bond motifs is 1. The molecule has 3 aromatic rings. The van der Waals surface area contributed by atoms with Crippen LogP contribution >= 0.6 is 0 Å². The number of hydrogen-bond donors (Lipinski definition) is 2. The van der Waals surface area contributed by atoms with Crippen molar-refractivity contribution in [1.29, 1.82) is 0 Å². The Bertz CT molecular complexity index is 1030. The van der Waals surface area contributed by atoms with E-state index in [9.17, 15) is 4.79 Å². The van der Waals surface area contributed by atoms with E-state index in [4.69, 9.17) is 4.74 Å². The molecule has 4 heterocycles. The maximum absolute atomic E-state index is 12.5. The predicted octanol–water partition coefficient (Wildman–Crippen LogP) is 0.380. The Labute approximate surface area is 132 Å². The second-order valence-electron chi connectivity index (χ2n) is 5.76. The third kappa shape index (κ3) is 2.41. The second-order valence-corrected chi connectivity index (χ2v) is 5.76. The van der Waals surface area contributed by atoms with Crippen LogP contribution in [0.3, 0.4) is 0 Å². The van der Waals surface area contributed by atoms with Crippen molar-refractivity contribution in [3.05, 3.63) is 51.3 Å². The Morgan fingerprint density at radius 2 is 2.17 bits per heavy atom. The molecule has 0 unspecified atom stereocenters. The van der Waals surface area contributed by atoms with Gasteiger partial charge in [0.15, 0.2) is 0 Å². The maximum atomic E-state index is 12.5. The summed E-state index contributed by atoms with van der Waals surface area (Å²) >= 11 is 0. The largest absolute Gasteiger partial charge is 0.381 e. The van der Waals surface area contributed by atoms with Crippen molar-refractivity contribution in [2.24, 2.45) is 7.05 Å². The number of aromatic nitrogens is 4. The van der Waals surface area contributed by atoms with Crippen LogP contribution in [0.15, 0.2) is 29.3 Å². The third-order valence-electron chi connectivity index (χ3n) is 4.34. The number of nitrogens with zero attached hydrogens (tertiary/aromatic N) is 2. The molecule has 0 aliphatic carbocycles. The Kier molecular flexibility index (Phi) is 3.38. The lowest BCUT2D eigenvalue weighted by Crippen LogP contribution is -2.30. The first-order chi connectivity index (χ1) is 11.2. The fourth-order valence-corrected chi connectivity index (χ4v) is 3.08. The third-order valence-corrected chi connectivity index (χ3v) is 4.34. The average Bonchev–Trinajstić information content (AvgIpc) is 3.13. The Balaban J connectivity index is 1.91. The number of aromatic amines is 2. The summed E-state index contributed by atoms with van der Waals surface area (Å²) in [5, 5.41) is 1.59. The number of pyridine rings is 1. The highest BCUT2D eigenvalue weighted by Gasteiger charge is 2.10. The highest BCUT2D eigenvalue weighted by molar-refractivity contribution is 5.85. The van der Waals surface area contributed by atoms with Gasteiger partial charge in [-0.15, -0.1) is 0 Å². The van der Waals surface area contributed by atoms with Crippen LogP contribution in [-0.4, -0.2) is 32.7 Å². The summed E-state index contributed by atoms with van der Waals surface area (Å²) in [5.41, 5.74) is 3.91. The zero-order valence-electron chi connectivity index (χ0n) is 12.9. The van der Waals surface area contributed by atoms with Crippen molar-refractivity contribution in [1.82, 2.24) is 19.5 Å². The van der Waals surface area contributed by atoms with E-state index in [0.29, 0.717) is 5.35 Å². The molecular formula is C17H18N4O2. The van der Waals surface area contributed by atoms with Crippen molar-refractivity contribution >= 4 is 22.7 Å². The molecule has 0 bridgehead atoms. The summed E-state index contributed by atoms with van der Waals surface area (Å²) in [4.78, 5) is 23.2. The van der Waals surface area contributed by atoms with E-state index in [1.807, 2.05) is 31.5 Å². The molecule has 6 heteroatoms. The minimum Gasteiger partial charge on any atom is -0.381 e. The standard InChI is InChI=1S/C17H18N4O2/c1-21-16(11-4-7-23-8-5-11)20-14(17(21)22)9-12-10-19-15-13(12)3-2-6-18-15/h2-3,6,9-10,20H,4-5,7-8H2,1H3,(H,18,19). The van der Waals surface area contributed by atoms with E-state index in [1.54, 1.807) is 10.8 Å². The molecule has 3 aromatic heterocycles. The molecular weight excluding hydrogens is 292 g/mol. The number of H-pyrrole nitrogens is 2. The lowest BCUT2D eigenvalue weighted by molar-refractivity contribution is 0.129. The fraction of sp³-hybridized carbons (Fsp3) is 0.294. The summed E-state index contributed by atoms with van der Waals surface area (Å²) in [6, 6.07) is 3.88. The summed E-state index contributed by atoms with van der Waals surface area (Å²) < 4.78 is 7.08. The molecule has 23 heavy (non-hydrogen) atoms. The van der Waals surface area contributed by atoms with Crippen LogP contribution in [0.2, 0.25) is 0 Å². The average molecular weight is 310 g/mol. The molecule has 4 rings (SSSR count). The molecule has 0 aromatic carbocycles. The van der Waals surface area contributed by atoms with Crippen LogP contribution in [0.4, 0.5) is 0 Å². The Hall–Kier alpha value is -2.60. The number of imidazole rings is 1. The van der Waals surface area contributed by atoms with Crippen molar-refractivity contribution in [3.8, 4) is 0 Å². The van der Waals surface area contributed by atoms with Gasteiger partial charge in [0, 0.05) is 30.4 Å². The van der Waals surface area contributed by atoms with Crippen LogP contribution in [0.5, 0.6) is 0 Å². The van der Waals surface area contributed by atoms with Crippen LogP contribution in [0.25, 0.3) is 22.7 Å². The van der Waals surface area contributed by atoms with Crippen molar-refractivity contribution in [2.75, 3.05) is 13.2 Å². The van der Waals surface area contributed by atoms with E-state index < -0.39 is 0 Å². The predicted molar refractivity (Wildman–Crippen MR) is 88.4 cm³/mol. The molecule has 0 radical (unpaired) electrons. The highest BCUT2D eigenvalue weighted by atomic mass is 16.5. The van der Waals surface area contributed by atoms with Gasteiger partial charge >= 0.3 is 0 Å². The van der Waals surface area contributed by atoms with Gasteiger partial charge in [0.25, 0.3) is 5.56 Å². The first-order valence-electron chi connectivity index (χ1n) is 7.72. The number of rotatable bonds is 1. The minimum atomic E-state index is -0.0165. The quantitative estimate of drug-likeness (QED) is 0.682. The molecule has 6 nitrogen and oxygen atoms in total. The van der Waals surface area contributed by atoms with E-state index in [-0.39, 0.29) is 5.56 Å². The first kappa shape index (κ1) is 14.0. The lowest BCUT2D eigenvalue weighted by Gasteiger charge is -2.13. The smallest absolute Gasteiger partial charge is 0.275 e. The Morgan fingerprint density at radius 3 is 3.00 bits per heavy atom. The maximum Gasteiger partial charge on any atom is 0.275 e. The first-order valence-corrected chi connectivity index (χ1v) is 7.72. The van der Waals surface area contributed by atoms with E-state index >= 15 is 0 Å². The van der Waals surface area contributed by atoms with Crippen LogP contribution < -0.4 is 16.4 Å². The van der Waals surface area contributed by atoms with Gasteiger partial charge in [0.1, 0.15) is 16.5 Å². The van der Waals surface area contributed by atoms with E-state index in [1.165, 1.54) is 5.57 Å². The molecule has 0 saturated carbocycles. The van der Waals surface area contributed by atoms with Crippen LogP contribution in [0, 0.1) is 0 Å². The topological polar surface area (TPSA) is 75.7 Å². The summed E-state index contributed by atoms with van der Waals surface area (Å²) in [5.74, 6) is 0. The van der Waals surface area contributed by atoms with Crippen LogP contribution in [0.1, 0.15) is 18.4 Å². The minimum absolute atomic E-state index is 0.0165. The zero-order valence-corrected chi connectivity index (χ0v) is 12.9. The fourth-order valence-electron chi connectivity index (χ4n) is 3.08. The molecule has 1 fully saturated rings. The number of nitrogens with one attached hydrogen (secondary N) is 2. The van der Waals surface area contributed by atoms with Crippen molar-refractivity contribution in [3.63, 3.8) is 0 Å². The lowest BCUT2D eigenvalue weighted by atomic mass is 10.1. The number of hydrogen-bond acceptors (Lipinski definition) is 3. The summed E-state index contributed by atoms with van der Waals surface area (Å²) in [6.07, 6.45) is 7.23. The highest BCUT2D eigenvalue weighted by Crippen LogP contribution is 2.15. The zero-order chi connectivity index (χ0) is 15.8.